The first-order valence-corrected chi connectivity index (χ1v) is 7.13. The summed E-state index contributed by atoms with van der Waals surface area (Å²) in [6.45, 7) is 0. The molecule has 21 heavy (non-hydrogen) atoms. The lowest BCUT2D eigenvalue weighted by Crippen LogP contribution is -2.44. The van der Waals surface area contributed by atoms with Crippen LogP contribution in [0.2, 0.25) is 0 Å². The van der Waals surface area contributed by atoms with Gasteiger partial charge in [0, 0.05) is 10.5 Å². The molecule has 0 radical (unpaired) electrons. The smallest absolute Gasteiger partial charge is 0.288 e. The molecule has 0 spiro atoms. The van der Waals surface area contributed by atoms with E-state index in [1.165, 1.54) is 0 Å². The molecule has 4 nitrogen and oxygen atoms in total. The van der Waals surface area contributed by atoms with Gasteiger partial charge in [0.1, 0.15) is 0 Å². The highest BCUT2D eigenvalue weighted by molar-refractivity contribution is 7.99. The predicted molar refractivity (Wildman–Crippen MR) is 78.6 cm³/mol. The van der Waals surface area contributed by atoms with Crippen LogP contribution in [0.3, 0.4) is 0 Å². The second kappa shape index (κ2) is 6.29. The monoisotopic (exact) mass is 333 g/mol. The molecule has 0 aliphatic heterocycles. The summed E-state index contributed by atoms with van der Waals surface area (Å²) in [4.78, 5) is 4.81. The minimum absolute atomic E-state index is 0. The van der Waals surface area contributed by atoms with Gasteiger partial charge in [-0.25, -0.2) is 0 Å². The average molecular weight is 334 g/mol. The Bertz CT molecular complexity index is 602. The summed E-state index contributed by atoms with van der Waals surface area (Å²) in [6, 6.07) is 6.59. The maximum absolute atomic E-state index is 12.2. The molecule has 2 N–H and O–H groups in total. The third kappa shape index (κ3) is 3.36. The van der Waals surface area contributed by atoms with Crippen molar-refractivity contribution in [2.45, 2.75) is 35.5 Å². The number of alkyl halides is 2. The van der Waals surface area contributed by atoms with Gasteiger partial charge in [-0.2, -0.15) is 13.8 Å². The lowest BCUT2D eigenvalue weighted by atomic mass is 9.77. The summed E-state index contributed by atoms with van der Waals surface area (Å²) in [5.41, 5.74) is 6.36. The van der Waals surface area contributed by atoms with Crippen molar-refractivity contribution in [1.82, 2.24) is 10.1 Å². The van der Waals surface area contributed by atoms with Crippen LogP contribution in [-0.4, -0.2) is 15.9 Å². The first kappa shape index (κ1) is 16.2. The number of thioether (sulfide) groups is 1. The standard InChI is InChI=1S/C13H13F2N3OS.ClH/c14-12(15)20-9-4-2-8(3-5-9)10-17-11(18-19-10)13(16)6-1-7-13;/h2-5,12H,1,6-7,16H2;1H. The molecular formula is C13H14ClF2N3OS. The van der Waals surface area contributed by atoms with Crippen LogP contribution in [0.1, 0.15) is 25.1 Å². The highest BCUT2D eigenvalue weighted by Crippen LogP contribution is 2.37. The maximum Gasteiger partial charge on any atom is 0.288 e. The normalized spacial score (nSPS) is 16.4. The Hall–Kier alpha value is -1.18. The Morgan fingerprint density at radius 1 is 1.24 bits per heavy atom. The summed E-state index contributed by atoms with van der Waals surface area (Å²) < 4.78 is 29.7. The van der Waals surface area contributed by atoms with Crippen LogP contribution < -0.4 is 5.73 Å². The molecule has 1 saturated carbocycles. The van der Waals surface area contributed by atoms with E-state index in [0.29, 0.717) is 33.9 Å². The van der Waals surface area contributed by atoms with Crippen LogP contribution in [0.4, 0.5) is 8.78 Å². The Kier molecular flexibility index (Phi) is 4.85. The fraction of sp³-hybridized carbons (Fsp3) is 0.385. The molecule has 1 heterocycles. The van der Waals surface area contributed by atoms with Gasteiger partial charge >= 0.3 is 0 Å². The van der Waals surface area contributed by atoms with Crippen molar-refractivity contribution in [2.75, 3.05) is 0 Å². The Balaban J connectivity index is 0.00000161. The van der Waals surface area contributed by atoms with Gasteiger partial charge < -0.3 is 10.3 Å². The summed E-state index contributed by atoms with van der Waals surface area (Å²) >= 11 is 0.505. The van der Waals surface area contributed by atoms with Crippen LogP contribution in [-0.2, 0) is 5.54 Å². The van der Waals surface area contributed by atoms with Gasteiger partial charge in [-0.1, -0.05) is 16.9 Å². The lowest BCUT2D eigenvalue weighted by molar-refractivity contribution is 0.229. The molecule has 1 aromatic carbocycles. The van der Waals surface area contributed by atoms with E-state index in [1.807, 2.05) is 0 Å². The van der Waals surface area contributed by atoms with E-state index < -0.39 is 11.3 Å². The molecule has 0 unspecified atom stereocenters. The van der Waals surface area contributed by atoms with Crippen LogP contribution >= 0.6 is 24.2 Å². The second-order valence-electron chi connectivity index (χ2n) is 4.84. The number of hydrogen-bond acceptors (Lipinski definition) is 5. The highest BCUT2D eigenvalue weighted by Gasteiger charge is 2.39. The van der Waals surface area contributed by atoms with Crippen molar-refractivity contribution in [3.63, 3.8) is 0 Å². The summed E-state index contributed by atoms with van der Waals surface area (Å²) in [5, 5.41) is 3.92. The summed E-state index contributed by atoms with van der Waals surface area (Å²) in [5.74, 6) is -1.54. The van der Waals surface area contributed by atoms with E-state index in [9.17, 15) is 8.78 Å². The van der Waals surface area contributed by atoms with Gasteiger partial charge in [0.05, 0.1) is 5.54 Å². The molecule has 1 aromatic heterocycles. The van der Waals surface area contributed by atoms with E-state index in [1.54, 1.807) is 24.3 Å². The zero-order valence-corrected chi connectivity index (χ0v) is 12.6. The van der Waals surface area contributed by atoms with E-state index in [0.717, 1.165) is 19.3 Å². The topological polar surface area (TPSA) is 64.9 Å². The number of nitrogens with two attached hydrogens (primary N) is 1. The van der Waals surface area contributed by atoms with Crippen molar-refractivity contribution in [3.05, 3.63) is 30.1 Å². The molecule has 0 bridgehead atoms. The van der Waals surface area contributed by atoms with Gasteiger partial charge in [0.2, 0.25) is 0 Å². The van der Waals surface area contributed by atoms with Crippen molar-refractivity contribution < 1.29 is 13.3 Å². The minimum Gasteiger partial charge on any atom is -0.334 e. The second-order valence-corrected chi connectivity index (χ2v) is 5.90. The molecule has 0 atom stereocenters. The number of halogens is 3. The Morgan fingerprint density at radius 3 is 2.43 bits per heavy atom. The summed E-state index contributed by atoms with van der Waals surface area (Å²) in [7, 11) is 0. The molecule has 1 aliphatic rings. The molecule has 114 valence electrons. The van der Waals surface area contributed by atoms with Crippen LogP contribution in [0.15, 0.2) is 33.7 Å². The van der Waals surface area contributed by atoms with Gasteiger partial charge in [-0.05, 0) is 43.5 Å². The number of benzene rings is 1. The van der Waals surface area contributed by atoms with Crippen LogP contribution in [0, 0.1) is 0 Å². The Morgan fingerprint density at radius 2 is 1.90 bits per heavy atom. The Labute approximate surface area is 130 Å². The first-order chi connectivity index (χ1) is 9.57. The first-order valence-electron chi connectivity index (χ1n) is 6.25. The molecule has 2 aromatic rings. The number of aromatic nitrogens is 2. The average Bonchev–Trinajstić information content (AvgIpc) is 2.86. The zero-order chi connectivity index (χ0) is 14.2. The predicted octanol–water partition coefficient (Wildman–Crippen LogP) is 3.81. The van der Waals surface area contributed by atoms with Crippen molar-refractivity contribution >= 4 is 24.2 Å². The molecule has 0 saturated heterocycles. The highest BCUT2D eigenvalue weighted by atomic mass is 35.5. The fourth-order valence-electron chi connectivity index (χ4n) is 2.10. The maximum atomic E-state index is 12.2. The van der Waals surface area contributed by atoms with Gasteiger partial charge in [-0.15, -0.1) is 12.4 Å². The largest absolute Gasteiger partial charge is 0.334 e. The molecule has 1 aliphatic carbocycles. The SMILES string of the molecule is Cl.NC1(c2noc(-c3ccc(SC(F)F)cc3)n2)CCC1. The molecular weight excluding hydrogens is 320 g/mol. The number of nitrogens with zero attached hydrogens (tertiary/aromatic N) is 2. The summed E-state index contributed by atoms with van der Waals surface area (Å²) in [6.07, 6.45) is 2.78. The van der Waals surface area contributed by atoms with Crippen molar-refractivity contribution in [3.8, 4) is 11.5 Å². The molecule has 1 fully saturated rings. The zero-order valence-electron chi connectivity index (χ0n) is 11.0. The van der Waals surface area contributed by atoms with Crippen LogP contribution in [0.25, 0.3) is 11.5 Å². The van der Waals surface area contributed by atoms with Gasteiger partial charge in [-0.3, -0.25) is 0 Å². The molecule has 8 heteroatoms. The van der Waals surface area contributed by atoms with E-state index >= 15 is 0 Å². The molecule has 0 amide bonds. The van der Waals surface area contributed by atoms with E-state index in [2.05, 4.69) is 10.1 Å². The fourth-order valence-corrected chi connectivity index (χ4v) is 2.60. The van der Waals surface area contributed by atoms with Gasteiger partial charge in [0.15, 0.2) is 5.82 Å². The van der Waals surface area contributed by atoms with Crippen LogP contribution in [0.5, 0.6) is 0 Å². The van der Waals surface area contributed by atoms with Gasteiger partial charge in [0.25, 0.3) is 11.6 Å². The lowest BCUT2D eigenvalue weighted by Gasteiger charge is -2.34. The van der Waals surface area contributed by atoms with E-state index in [-0.39, 0.29) is 12.4 Å². The van der Waals surface area contributed by atoms with E-state index in [4.69, 9.17) is 10.3 Å². The quantitative estimate of drug-likeness (QED) is 0.862. The number of hydrogen-bond donors (Lipinski definition) is 1. The van der Waals surface area contributed by atoms with Crippen molar-refractivity contribution in [1.29, 1.82) is 0 Å². The number of rotatable bonds is 4. The van der Waals surface area contributed by atoms with Crippen molar-refractivity contribution in [2.24, 2.45) is 5.73 Å². The molecule has 3 rings (SSSR count). The third-order valence-corrected chi connectivity index (χ3v) is 4.17. The third-order valence-electron chi connectivity index (χ3n) is 3.44. The minimum atomic E-state index is -2.42.